The Bertz CT molecular complexity index is 662. The van der Waals surface area contributed by atoms with Crippen LogP contribution in [0.25, 0.3) is 0 Å². The summed E-state index contributed by atoms with van der Waals surface area (Å²) in [6, 6.07) is 7.82. The van der Waals surface area contributed by atoms with E-state index in [1.54, 1.807) is 7.11 Å². The fourth-order valence-electron chi connectivity index (χ4n) is 4.19. The van der Waals surface area contributed by atoms with Crippen molar-refractivity contribution in [2.24, 2.45) is 10.4 Å². The lowest BCUT2D eigenvalue weighted by molar-refractivity contribution is 0.0773. The lowest BCUT2D eigenvalue weighted by atomic mass is 9.83. The first-order valence-corrected chi connectivity index (χ1v) is 11.5. The van der Waals surface area contributed by atoms with E-state index in [0.29, 0.717) is 12.0 Å². The molecule has 1 saturated carbocycles. The molecule has 6 heteroatoms. The van der Waals surface area contributed by atoms with Crippen molar-refractivity contribution in [3.05, 3.63) is 35.4 Å². The standard InChI is InChI=1S/C24H40N4O2/c1-5-25-23(27-19-24(16-17-30-4)14-8-9-15-24)26-18-20-10-12-21(13-11-20)22(29)28(6-2)7-3/h10-13H,5-9,14-19H2,1-4H3,(H2,25,26,27). The van der Waals surface area contributed by atoms with Crippen LogP contribution < -0.4 is 10.6 Å². The van der Waals surface area contributed by atoms with Crippen molar-refractivity contribution in [1.29, 1.82) is 0 Å². The van der Waals surface area contributed by atoms with Crippen LogP contribution in [0.2, 0.25) is 0 Å². The molecule has 0 unspecified atom stereocenters. The molecule has 1 amide bonds. The number of carbonyl (C=O) groups excluding carboxylic acids is 1. The molecule has 1 aromatic rings. The predicted octanol–water partition coefficient (Wildman–Crippen LogP) is 3.82. The van der Waals surface area contributed by atoms with Crippen LogP contribution in [0, 0.1) is 5.41 Å². The van der Waals surface area contributed by atoms with Gasteiger partial charge in [-0.2, -0.15) is 0 Å². The van der Waals surface area contributed by atoms with Gasteiger partial charge in [-0.05, 0) is 63.1 Å². The quantitative estimate of drug-likeness (QED) is 0.425. The second kappa shape index (κ2) is 12.6. The van der Waals surface area contributed by atoms with E-state index in [2.05, 4.69) is 17.6 Å². The third-order valence-electron chi connectivity index (χ3n) is 6.15. The number of rotatable bonds is 11. The highest BCUT2D eigenvalue weighted by Gasteiger charge is 2.33. The SMILES string of the molecule is CCNC(=NCc1ccc(C(=O)N(CC)CC)cc1)NCC1(CCOC)CCCC1. The summed E-state index contributed by atoms with van der Waals surface area (Å²) in [4.78, 5) is 19.1. The molecule has 1 fully saturated rings. The number of amides is 1. The molecule has 0 radical (unpaired) electrons. The molecule has 30 heavy (non-hydrogen) atoms. The molecule has 1 aliphatic rings. The Balaban J connectivity index is 1.97. The van der Waals surface area contributed by atoms with Gasteiger partial charge in [0.25, 0.3) is 5.91 Å². The monoisotopic (exact) mass is 416 g/mol. The average molecular weight is 417 g/mol. The Labute approximate surface area is 182 Å². The minimum atomic E-state index is 0.0861. The van der Waals surface area contributed by atoms with E-state index in [9.17, 15) is 4.79 Å². The van der Waals surface area contributed by atoms with Crippen molar-refractivity contribution >= 4 is 11.9 Å². The van der Waals surface area contributed by atoms with Crippen molar-refractivity contribution < 1.29 is 9.53 Å². The molecule has 168 valence electrons. The molecule has 6 nitrogen and oxygen atoms in total. The van der Waals surface area contributed by atoms with Gasteiger partial charge in [-0.1, -0.05) is 25.0 Å². The molecule has 0 bridgehead atoms. The predicted molar refractivity (Wildman–Crippen MR) is 124 cm³/mol. The number of nitrogens with one attached hydrogen (secondary N) is 2. The summed E-state index contributed by atoms with van der Waals surface area (Å²) < 4.78 is 5.34. The zero-order valence-electron chi connectivity index (χ0n) is 19.3. The summed E-state index contributed by atoms with van der Waals surface area (Å²) in [6.07, 6.45) is 6.21. The van der Waals surface area contributed by atoms with E-state index >= 15 is 0 Å². The van der Waals surface area contributed by atoms with Crippen molar-refractivity contribution in [3.63, 3.8) is 0 Å². The smallest absolute Gasteiger partial charge is 0.253 e. The van der Waals surface area contributed by atoms with Crippen molar-refractivity contribution in [2.75, 3.05) is 39.9 Å². The summed E-state index contributed by atoms with van der Waals surface area (Å²) in [5.74, 6) is 0.937. The van der Waals surface area contributed by atoms with Crippen LogP contribution in [0.1, 0.15) is 68.8 Å². The molecular weight excluding hydrogens is 376 g/mol. The maximum absolute atomic E-state index is 12.5. The Morgan fingerprint density at radius 1 is 1.10 bits per heavy atom. The molecule has 0 saturated heterocycles. The Morgan fingerprint density at radius 3 is 2.33 bits per heavy atom. The first kappa shape index (κ1) is 24.2. The lowest BCUT2D eigenvalue weighted by Gasteiger charge is -2.30. The van der Waals surface area contributed by atoms with Crippen LogP contribution in [-0.2, 0) is 11.3 Å². The van der Waals surface area contributed by atoms with Gasteiger partial charge in [-0.3, -0.25) is 4.79 Å². The number of hydrogen-bond donors (Lipinski definition) is 2. The van der Waals surface area contributed by atoms with E-state index in [1.165, 1.54) is 25.7 Å². The lowest BCUT2D eigenvalue weighted by Crippen LogP contribution is -2.43. The number of nitrogens with zero attached hydrogens (tertiary/aromatic N) is 2. The minimum absolute atomic E-state index is 0.0861. The number of methoxy groups -OCH3 is 1. The van der Waals surface area contributed by atoms with Crippen LogP contribution in [0.3, 0.4) is 0 Å². The van der Waals surface area contributed by atoms with E-state index in [4.69, 9.17) is 9.73 Å². The van der Waals surface area contributed by atoms with Gasteiger partial charge in [0, 0.05) is 45.5 Å². The van der Waals surface area contributed by atoms with Gasteiger partial charge in [0.15, 0.2) is 5.96 Å². The van der Waals surface area contributed by atoms with E-state index in [0.717, 1.165) is 56.3 Å². The van der Waals surface area contributed by atoms with Crippen molar-refractivity contribution in [3.8, 4) is 0 Å². The maximum Gasteiger partial charge on any atom is 0.253 e. The number of aliphatic imine (C=N–C) groups is 1. The average Bonchev–Trinajstić information content (AvgIpc) is 3.24. The van der Waals surface area contributed by atoms with Crippen LogP contribution in [0.5, 0.6) is 0 Å². The highest BCUT2D eigenvalue weighted by molar-refractivity contribution is 5.94. The van der Waals surface area contributed by atoms with Crippen molar-refractivity contribution in [2.45, 2.75) is 59.4 Å². The molecule has 0 aliphatic heterocycles. The molecule has 1 aliphatic carbocycles. The van der Waals surface area contributed by atoms with Gasteiger partial charge in [-0.25, -0.2) is 4.99 Å². The zero-order chi connectivity index (χ0) is 21.8. The molecule has 0 atom stereocenters. The zero-order valence-corrected chi connectivity index (χ0v) is 19.3. The molecular formula is C24H40N4O2. The first-order chi connectivity index (χ1) is 14.6. The first-order valence-electron chi connectivity index (χ1n) is 11.5. The number of ether oxygens (including phenoxy) is 1. The van der Waals surface area contributed by atoms with Crippen molar-refractivity contribution in [1.82, 2.24) is 15.5 Å². The van der Waals surface area contributed by atoms with Gasteiger partial charge in [0.05, 0.1) is 6.54 Å². The maximum atomic E-state index is 12.5. The summed E-state index contributed by atoms with van der Waals surface area (Å²) in [5, 5.41) is 6.92. The van der Waals surface area contributed by atoms with Gasteiger partial charge in [0.1, 0.15) is 0 Å². The molecule has 0 spiro atoms. The second-order valence-corrected chi connectivity index (χ2v) is 8.17. The fraction of sp³-hybridized carbons (Fsp3) is 0.667. The highest BCUT2D eigenvalue weighted by Crippen LogP contribution is 2.40. The molecule has 2 N–H and O–H groups in total. The summed E-state index contributed by atoms with van der Waals surface area (Å²) in [6.45, 7) is 10.7. The summed E-state index contributed by atoms with van der Waals surface area (Å²) in [5.41, 5.74) is 2.15. The van der Waals surface area contributed by atoms with Crippen LogP contribution in [0.4, 0.5) is 0 Å². The number of guanidine groups is 1. The molecule has 1 aromatic carbocycles. The highest BCUT2D eigenvalue weighted by atomic mass is 16.5. The Morgan fingerprint density at radius 2 is 1.77 bits per heavy atom. The minimum Gasteiger partial charge on any atom is -0.385 e. The summed E-state index contributed by atoms with van der Waals surface area (Å²) >= 11 is 0. The van der Waals surface area contributed by atoms with Gasteiger partial charge >= 0.3 is 0 Å². The Kier molecular flexibility index (Phi) is 10.1. The molecule has 0 heterocycles. The van der Waals surface area contributed by atoms with Gasteiger partial charge in [-0.15, -0.1) is 0 Å². The largest absolute Gasteiger partial charge is 0.385 e. The van der Waals surface area contributed by atoms with Crippen LogP contribution >= 0.6 is 0 Å². The Hall–Kier alpha value is -2.08. The molecule has 0 aromatic heterocycles. The number of hydrogen-bond acceptors (Lipinski definition) is 3. The third-order valence-corrected chi connectivity index (χ3v) is 6.15. The molecule has 2 rings (SSSR count). The van der Waals surface area contributed by atoms with E-state index in [-0.39, 0.29) is 5.91 Å². The second-order valence-electron chi connectivity index (χ2n) is 8.17. The number of carbonyl (C=O) groups is 1. The topological polar surface area (TPSA) is 66.0 Å². The van der Waals surface area contributed by atoms with Crippen LogP contribution in [-0.4, -0.2) is 56.7 Å². The van der Waals surface area contributed by atoms with E-state index in [1.807, 2.05) is 43.0 Å². The number of benzene rings is 1. The van der Waals surface area contributed by atoms with Crippen LogP contribution in [0.15, 0.2) is 29.3 Å². The summed E-state index contributed by atoms with van der Waals surface area (Å²) in [7, 11) is 1.78. The fourth-order valence-corrected chi connectivity index (χ4v) is 4.19. The normalized spacial score (nSPS) is 15.8. The van der Waals surface area contributed by atoms with Gasteiger partial charge < -0.3 is 20.3 Å². The van der Waals surface area contributed by atoms with E-state index < -0.39 is 0 Å². The van der Waals surface area contributed by atoms with Gasteiger partial charge in [0.2, 0.25) is 0 Å². The third kappa shape index (κ3) is 7.01.